The van der Waals surface area contributed by atoms with Gasteiger partial charge < -0.3 is 0 Å². The fourth-order valence-corrected chi connectivity index (χ4v) is 2.04. The fourth-order valence-electron chi connectivity index (χ4n) is 0.407. The smallest absolute Gasteiger partial charge is 0.246 e. The van der Waals surface area contributed by atoms with Gasteiger partial charge in [0.2, 0.25) is 14.3 Å². The molecule has 0 aliphatic carbocycles. The molecule has 0 radical (unpaired) electrons. The van der Waals surface area contributed by atoms with E-state index in [9.17, 15) is 13.2 Å². The van der Waals surface area contributed by atoms with Gasteiger partial charge in [0.15, 0.2) is 4.75 Å². The Hall–Kier alpha value is 0.200. The maximum Gasteiger partial charge on any atom is 0.246 e. The summed E-state index contributed by atoms with van der Waals surface area (Å²) >= 11 is 5.07. The lowest BCUT2D eigenvalue weighted by Crippen LogP contribution is -2.37. The van der Waals surface area contributed by atoms with Crippen LogP contribution in [0.1, 0.15) is 20.3 Å². The minimum Gasteiger partial charge on any atom is -0.279 e. The standard InChI is InChI=1S/C5H8Cl2O3S/c1-3-5(2,4(6)8)11(7,9)10/h3H2,1-2H3. The van der Waals surface area contributed by atoms with E-state index in [1.807, 2.05) is 0 Å². The predicted octanol–water partition coefficient (Wildman–Crippen LogP) is 1.49. The lowest BCUT2D eigenvalue weighted by molar-refractivity contribution is -0.113. The minimum atomic E-state index is -3.92. The third kappa shape index (κ3) is 2.07. The van der Waals surface area contributed by atoms with Crippen molar-refractivity contribution in [2.45, 2.75) is 25.0 Å². The van der Waals surface area contributed by atoms with E-state index in [4.69, 9.17) is 22.3 Å². The molecule has 1 atom stereocenters. The second-order valence-electron chi connectivity index (χ2n) is 2.30. The van der Waals surface area contributed by atoms with Gasteiger partial charge in [-0.2, -0.15) is 0 Å². The van der Waals surface area contributed by atoms with Crippen LogP contribution in [-0.2, 0) is 13.8 Å². The van der Waals surface area contributed by atoms with Crippen LogP contribution < -0.4 is 0 Å². The lowest BCUT2D eigenvalue weighted by Gasteiger charge is -2.18. The lowest BCUT2D eigenvalue weighted by atomic mass is 10.1. The maximum absolute atomic E-state index is 10.8. The van der Waals surface area contributed by atoms with Crippen molar-refractivity contribution in [3.63, 3.8) is 0 Å². The van der Waals surface area contributed by atoms with Crippen LogP contribution in [0.2, 0.25) is 0 Å². The van der Waals surface area contributed by atoms with Crippen LogP contribution in [0.25, 0.3) is 0 Å². The number of halogens is 2. The van der Waals surface area contributed by atoms with Crippen molar-refractivity contribution in [1.29, 1.82) is 0 Å². The van der Waals surface area contributed by atoms with Gasteiger partial charge in [-0.25, -0.2) is 8.42 Å². The summed E-state index contributed by atoms with van der Waals surface area (Å²) in [7, 11) is 1.08. The molecule has 6 heteroatoms. The zero-order valence-electron chi connectivity index (χ0n) is 6.10. The predicted molar refractivity (Wildman–Crippen MR) is 44.3 cm³/mol. The third-order valence-electron chi connectivity index (χ3n) is 1.63. The van der Waals surface area contributed by atoms with Crippen LogP contribution in [0.3, 0.4) is 0 Å². The first-order chi connectivity index (χ1) is 4.75. The van der Waals surface area contributed by atoms with E-state index in [2.05, 4.69) is 0 Å². The Bertz CT molecular complexity index is 259. The molecule has 0 aliphatic rings. The average molecular weight is 219 g/mol. The minimum absolute atomic E-state index is 0.0706. The van der Waals surface area contributed by atoms with E-state index >= 15 is 0 Å². The monoisotopic (exact) mass is 218 g/mol. The number of carbonyl (C=O) groups excluding carboxylic acids is 1. The van der Waals surface area contributed by atoms with Crippen molar-refractivity contribution in [3.8, 4) is 0 Å². The number of carbonyl (C=O) groups is 1. The molecular weight excluding hydrogens is 211 g/mol. The molecule has 0 amide bonds. The molecule has 0 aromatic heterocycles. The van der Waals surface area contributed by atoms with Crippen molar-refractivity contribution in [2.75, 3.05) is 0 Å². The molecule has 0 bridgehead atoms. The van der Waals surface area contributed by atoms with Gasteiger partial charge in [0.25, 0.3) is 0 Å². The van der Waals surface area contributed by atoms with E-state index in [-0.39, 0.29) is 6.42 Å². The van der Waals surface area contributed by atoms with E-state index in [1.165, 1.54) is 13.8 Å². The van der Waals surface area contributed by atoms with E-state index in [0.717, 1.165) is 0 Å². The van der Waals surface area contributed by atoms with E-state index < -0.39 is 19.0 Å². The fraction of sp³-hybridized carbons (Fsp3) is 0.800. The average Bonchev–Trinajstić information content (AvgIpc) is 1.83. The largest absolute Gasteiger partial charge is 0.279 e. The van der Waals surface area contributed by atoms with Gasteiger partial charge in [0.1, 0.15) is 0 Å². The molecule has 0 rings (SSSR count). The van der Waals surface area contributed by atoms with Crippen molar-refractivity contribution in [3.05, 3.63) is 0 Å². The van der Waals surface area contributed by atoms with Gasteiger partial charge >= 0.3 is 0 Å². The van der Waals surface area contributed by atoms with Gasteiger partial charge in [-0.1, -0.05) is 6.92 Å². The van der Waals surface area contributed by atoms with Crippen LogP contribution in [0.5, 0.6) is 0 Å². The Morgan fingerprint density at radius 2 is 1.91 bits per heavy atom. The van der Waals surface area contributed by atoms with Gasteiger partial charge in [0.05, 0.1) is 0 Å². The molecule has 0 heterocycles. The molecule has 0 saturated heterocycles. The van der Waals surface area contributed by atoms with Crippen molar-refractivity contribution in [2.24, 2.45) is 0 Å². The number of hydrogen-bond acceptors (Lipinski definition) is 3. The Balaban J connectivity index is 5.09. The molecule has 0 aromatic carbocycles. The van der Waals surface area contributed by atoms with Gasteiger partial charge in [-0.05, 0) is 24.9 Å². The zero-order valence-corrected chi connectivity index (χ0v) is 8.42. The summed E-state index contributed by atoms with van der Waals surface area (Å²) in [5.74, 6) is 0. The second-order valence-corrected chi connectivity index (χ2v) is 5.63. The SMILES string of the molecule is CCC(C)(C(=O)Cl)S(=O)(=O)Cl. The molecule has 3 nitrogen and oxygen atoms in total. The summed E-state index contributed by atoms with van der Waals surface area (Å²) in [4.78, 5) is 10.6. The summed E-state index contributed by atoms with van der Waals surface area (Å²) in [6, 6.07) is 0. The first-order valence-electron chi connectivity index (χ1n) is 2.90. The van der Waals surface area contributed by atoms with E-state index in [1.54, 1.807) is 0 Å². The maximum atomic E-state index is 10.8. The van der Waals surface area contributed by atoms with Crippen LogP contribution in [-0.4, -0.2) is 18.4 Å². The third-order valence-corrected chi connectivity index (χ3v) is 4.73. The quantitative estimate of drug-likeness (QED) is 0.675. The molecule has 0 aromatic rings. The number of rotatable bonds is 3. The van der Waals surface area contributed by atoms with Crippen molar-refractivity contribution < 1.29 is 13.2 Å². The number of hydrogen-bond donors (Lipinski definition) is 0. The molecule has 1 unspecified atom stereocenters. The topological polar surface area (TPSA) is 51.2 Å². The Labute approximate surface area is 75.1 Å². The first kappa shape index (κ1) is 11.2. The van der Waals surface area contributed by atoms with E-state index in [0.29, 0.717) is 0 Å². The Morgan fingerprint density at radius 1 is 1.55 bits per heavy atom. The molecule has 0 saturated carbocycles. The highest BCUT2D eigenvalue weighted by atomic mass is 35.7. The highest BCUT2D eigenvalue weighted by Crippen LogP contribution is 2.27. The summed E-state index contributed by atoms with van der Waals surface area (Å²) in [5, 5.41) is -0.949. The second kappa shape index (κ2) is 3.29. The van der Waals surface area contributed by atoms with Crippen LogP contribution >= 0.6 is 22.3 Å². The Kier molecular flexibility index (Phi) is 3.35. The molecule has 66 valence electrons. The first-order valence-corrected chi connectivity index (χ1v) is 5.58. The molecule has 0 spiro atoms. The van der Waals surface area contributed by atoms with Crippen LogP contribution in [0, 0.1) is 0 Å². The van der Waals surface area contributed by atoms with Crippen LogP contribution in [0.15, 0.2) is 0 Å². The normalized spacial score (nSPS) is 17.5. The summed E-state index contributed by atoms with van der Waals surface area (Å²) in [6.45, 7) is 2.73. The molecule has 0 aliphatic heterocycles. The summed E-state index contributed by atoms with van der Waals surface area (Å²) in [5.41, 5.74) is 0. The van der Waals surface area contributed by atoms with Crippen molar-refractivity contribution >= 4 is 36.6 Å². The van der Waals surface area contributed by atoms with Gasteiger partial charge in [-0.15, -0.1) is 0 Å². The molecule has 0 N–H and O–H groups in total. The Morgan fingerprint density at radius 3 is 1.91 bits per heavy atom. The summed E-state index contributed by atoms with van der Waals surface area (Å²) < 4.78 is 19.9. The highest BCUT2D eigenvalue weighted by Gasteiger charge is 2.42. The van der Waals surface area contributed by atoms with Crippen molar-refractivity contribution in [1.82, 2.24) is 0 Å². The van der Waals surface area contributed by atoms with Gasteiger partial charge in [0, 0.05) is 10.7 Å². The van der Waals surface area contributed by atoms with Gasteiger partial charge in [-0.3, -0.25) is 4.79 Å². The zero-order chi connectivity index (χ0) is 9.28. The summed E-state index contributed by atoms with van der Waals surface area (Å²) in [6.07, 6.45) is 0.0706. The highest BCUT2D eigenvalue weighted by molar-refractivity contribution is 8.15. The van der Waals surface area contributed by atoms with Crippen LogP contribution in [0.4, 0.5) is 0 Å². The molecule has 11 heavy (non-hydrogen) atoms. The molecular formula is C5H8Cl2O3S. The molecule has 0 fully saturated rings.